The summed E-state index contributed by atoms with van der Waals surface area (Å²) in [4.78, 5) is 61.6. The standard InChI is InChI=1S/C29H39N5O4S2.C24H27N7O2S2.C22H28N6O5S3.C22H27N5O3S2/c1-18(2)38-26-11-9-21(40(30,36)37)13-23(26)32-27-33-24(17-39-27)20-8-10-22(31-16-20)25(35)12-19-14-28(3,4)34(7)29(5,6)15-19;1-16(2)33-21-6-5-18(35(3,25)32)12-19(21)28-24-29-20(15-34-24)17-4-7-22(27-13-17)31-11-10-30-9-8-26-23(30)14-31;1-15(2)33-20-6-5-17(36(23,31)32)12-18(20)25-22-26-19(14-34-22)16-4-7-21(24-13-16)27-8-10-28(11-9-27)35(3,29)30;1-14(2)30-21-6-4-17(32(23,28)29)11-19(21)26-22-27-20(13-31-22)16-3-5-18(25-12-16)15-7-9-24-10-8-15/h8-11,13,16-19H,12,14-15H2,1-7H3,(H,32,33)(H2,30,36,37);4-9,12-13,15-16H,3,10-11,14H2,1-2H3,(H2,25,32)(H,28,29);4-7,12-15H,8-11H2,1-3H3,(H,25,26)(H2,23,31,32);3-6,11-15,24H,7-10H2,1-2H3,(H,26,27)(H2,23,28,29). The Balaban J connectivity index is 0.000000152. The number of primary sulfonamides is 3. The Morgan fingerprint density at radius 2 is 0.832 bits per heavy atom. The number of hydrogen-bond donors (Lipinski definition) is 9. The van der Waals surface area contributed by atoms with Crippen molar-refractivity contribution in [3.63, 3.8) is 0 Å². The van der Waals surface area contributed by atoms with E-state index in [-0.39, 0.29) is 56.0 Å². The Labute approximate surface area is 851 Å². The van der Waals surface area contributed by atoms with Crippen LogP contribution >= 0.6 is 45.3 Å². The third-order valence-electron chi connectivity index (χ3n) is 23.9. The van der Waals surface area contributed by atoms with Crippen molar-refractivity contribution < 1.29 is 61.6 Å². The SMILES string of the molecule is C=S(N)(=O)c1ccc(OC(C)C)c(Nc2nc(-c3ccc(N4CCn5ccnc5C4)nc3)cs2)c1.CC(C)Oc1ccc(S(N)(=O)=O)cc1Nc1nc(-c2ccc(C(=O)CC3CC(C)(C)N(C)C(C)(C)C3)nc2)cs1.CC(C)Oc1ccc(S(N)(=O)=O)cc1Nc1nc(-c2ccc(C3CCNCC3)nc2)cs1.CC(C)Oc1ccc(S(N)(=O)=O)cc1Nc1nc(-c2ccc(N3CCN(S(C)(=O)=O)CC3)nc2)cs1. The van der Waals surface area contributed by atoms with E-state index in [0.717, 1.165) is 115 Å². The lowest BCUT2D eigenvalue weighted by atomic mass is 9.72. The normalized spacial score (nSPS) is 15.8. The third-order valence-corrected chi connectivity index (χ3v) is 32.0. The van der Waals surface area contributed by atoms with Gasteiger partial charge in [-0.1, -0.05) is 0 Å². The van der Waals surface area contributed by atoms with E-state index in [1.54, 1.807) is 54.9 Å². The quantitative estimate of drug-likeness (QED) is 0.0144. The highest BCUT2D eigenvalue weighted by molar-refractivity contribution is 7.98. The number of imidazole rings is 1. The Bertz CT molecular complexity index is 7220. The number of nitrogens with two attached hydrogens (primary N) is 4. The molecule has 17 rings (SSSR count). The number of nitrogens with one attached hydrogen (secondary N) is 5. The van der Waals surface area contributed by atoms with Gasteiger partial charge in [-0.05, 0) is 262 Å². The number of ketones is 1. The van der Waals surface area contributed by atoms with Gasteiger partial charge >= 0.3 is 0 Å². The summed E-state index contributed by atoms with van der Waals surface area (Å²) < 4.78 is 134. The van der Waals surface area contributed by atoms with E-state index in [9.17, 15) is 42.7 Å². The molecule has 46 heteroatoms. The molecule has 3 saturated heterocycles. The van der Waals surface area contributed by atoms with Crippen LogP contribution in [0.3, 0.4) is 0 Å². The number of ether oxygens (including phenoxy) is 4. The average Bonchev–Trinajstić information content (AvgIpc) is 1.42. The molecule has 0 radical (unpaired) electrons. The molecule has 0 spiro atoms. The lowest BCUT2D eigenvalue weighted by molar-refractivity contribution is -0.0300. The highest BCUT2D eigenvalue weighted by atomic mass is 32.2. The van der Waals surface area contributed by atoms with Crippen LogP contribution in [-0.4, -0.2) is 203 Å². The van der Waals surface area contributed by atoms with Crippen molar-refractivity contribution in [1.82, 2.24) is 63.9 Å². The fourth-order valence-corrected chi connectivity index (χ4v) is 22.7. The minimum absolute atomic E-state index is 0.00517. The Hall–Kier alpha value is -11.6. The Morgan fingerprint density at radius 3 is 1.18 bits per heavy atom. The van der Waals surface area contributed by atoms with Gasteiger partial charge in [-0.3, -0.25) is 24.8 Å². The minimum Gasteiger partial charge on any atom is -0.489 e. The van der Waals surface area contributed by atoms with Crippen LogP contribution in [-0.2, 0) is 62.9 Å². The maximum absolute atomic E-state index is 13.1. The molecule has 1 unspecified atom stereocenters. The second kappa shape index (κ2) is 45.4. The molecule has 4 aromatic carbocycles. The zero-order valence-corrected chi connectivity index (χ0v) is 89.2. The summed E-state index contributed by atoms with van der Waals surface area (Å²) in [5.74, 6) is 9.30. The number of aromatic nitrogens is 10. The van der Waals surface area contributed by atoms with Gasteiger partial charge < -0.3 is 59.9 Å². The maximum Gasteiger partial charge on any atom is 0.238 e. The smallest absolute Gasteiger partial charge is 0.238 e. The summed E-state index contributed by atoms with van der Waals surface area (Å²) in [7, 11) is -15.5. The molecule has 4 aliphatic rings. The summed E-state index contributed by atoms with van der Waals surface area (Å²) in [5.41, 5.74) is 10.1. The molecule has 0 bridgehead atoms. The lowest BCUT2D eigenvalue weighted by Gasteiger charge is -2.53. The number of Topliss-reactive ketones (excluding diaryl/α,β-unsaturated/α-hetero) is 1. The number of carbonyl (C=O) groups is 1. The molecule has 3 fully saturated rings. The van der Waals surface area contributed by atoms with E-state index in [4.69, 9.17) is 44.5 Å². The first-order valence-electron chi connectivity index (χ1n) is 46.2. The number of likely N-dealkylation sites (tertiary alicyclic amines) is 1. The van der Waals surface area contributed by atoms with Crippen LogP contribution in [0.15, 0.2) is 200 Å². The van der Waals surface area contributed by atoms with Crippen LogP contribution in [0.1, 0.15) is 143 Å². The van der Waals surface area contributed by atoms with Crippen molar-refractivity contribution >= 4 is 162 Å². The Morgan fingerprint density at radius 1 is 0.469 bits per heavy atom. The molecule has 13 N–H and O–H groups in total. The number of carbonyl (C=O) groups excluding carboxylic acids is 1. The van der Waals surface area contributed by atoms with Crippen LogP contribution in [0.4, 0.5) is 54.9 Å². The largest absolute Gasteiger partial charge is 0.489 e. The molecule has 1 atom stereocenters. The number of sulfonamides is 4. The number of fused-ring (bicyclic) bond motifs is 1. The van der Waals surface area contributed by atoms with E-state index < -0.39 is 49.8 Å². The topological polar surface area (TPSA) is 506 Å². The fourth-order valence-electron chi connectivity index (χ4n) is 16.7. The number of thiazole rings is 4. The van der Waals surface area contributed by atoms with Gasteiger partial charge in [0.25, 0.3) is 0 Å². The van der Waals surface area contributed by atoms with Gasteiger partial charge in [0.2, 0.25) is 40.1 Å². The van der Waals surface area contributed by atoms with Crippen molar-refractivity contribution in [1.29, 1.82) is 0 Å². The molecule has 143 heavy (non-hydrogen) atoms. The molecule has 13 heterocycles. The average molecular weight is 2120 g/mol. The molecule has 37 nitrogen and oxygen atoms in total. The maximum atomic E-state index is 13.1. The van der Waals surface area contributed by atoms with Crippen LogP contribution < -0.4 is 75.9 Å². The van der Waals surface area contributed by atoms with Crippen molar-refractivity contribution in [2.24, 2.45) is 26.5 Å². The van der Waals surface area contributed by atoms with Gasteiger partial charge in [0.1, 0.15) is 46.2 Å². The third kappa shape index (κ3) is 28.8. The van der Waals surface area contributed by atoms with Crippen LogP contribution in [0, 0.1) is 5.92 Å². The first kappa shape index (κ1) is 107. The molecular formula is C97H121N23O14S9. The number of rotatable bonds is 31. The van der Waals surface area contributed by atoms with Crippen LogP contribution in [0.25, 0.3) is 45.0 Å². The number of piperazine rings is 1. The number of hydrogen-bond acceptors (Lipinski definition) is 35. The second-order valence-corrected chi connectivity index (χ2v) is 49.3. The lowest BCUT2D eigenvalue weighted by Crippen LogP contribution is -2.58. The van der Waals surface area contributed by atoms with E-state index >= 15 is 0 Å². The number of pyridine rings is 4. The monoisotopic (exact) mass is 2120 g/mol. The number of anilines is 10. The van der Waals surface area contributed by atoms with Gasteiger partial charge in [-0.2, -0.15) is 4.31 Å². The highest BCUT2D eigenvalue weighted by Crippen LogP contribution is 2.44. The zero-order valence-electron chi connectivity index (χ0n) is 81.9. The second-order valence-electron chi connectivity index (χ2n) is 37.2. The Kier molecular flexibility index (Phi) is 34.0. The molecule has 9 aromatic heterocycles. The van der Waals surface area contributed by atoms with E-state index in [1.807, 2.05) is 137 Å². The van der Waals surface area contributed by atoms with Crippen molar-refractivity contribution in [3.05, 3.63) is 197 Å². The highest BCUT2D eigenvalue weighted by Gasteiger charge is 2.44. The predicted molar refractivity (Wildman–Crippen MR) is 570 cm³/mol. The number of nitrogens with zero attached hydrogens (tertiary/aromatic N) is 14. The molecule has 0 amide bonds. The molecule has 0 saturated carbocycles. The van der Waals surface area contributed by atoms with Crippen molar-refractivity contribution in [2.75, 3.05) is 90.2 Å². The number of piperidine rings is 2. The number of benzene rings is 4. The summed E-state index contributed by atoms with van der Waals surface area (Å²) in [6, 6.07) is 34.0. The zero-order chi connectivity index (χ0) is 103. The van der Waals surface area contributed by atoms with E-state index in [2.05, 4.69) is 134 Å². The summed E-state index contributed by atoms with van der Waals surface area (Å²) in [5, 5.41) is 47.8. The van der Waals surface area contributed by atoms with Crippen LogP contribution in [0.5, 0.6) is 23.0 Å². The van der Waals surface area contributed by atoms with Gasteiger partial charge in [-0.15, -0.1) is 45.3 Å². The van der Waals surface area contributed by atoms with Crippen molar-refractivity contribution in [3.8, 4) is 68.0 Å². The van der Waals surface area contributed by atoms with Crippen molar-refractivity contribution in [2.45, 2.75) is 189 Å². The minimum atomic E-state index is -3.89. The summed E-state index contributed by atoms with van der Waals surface area (Å²) in [6.45, 7) is 30.8. The predicted octanol–water partition coefficient (Wildman–Crippen LogP) is 16.1. The molecule has 4 aliphatic heterocycles. The van der Waals surface area contributed by atoms with Gasteiger partial charge in [0.05, 0.1) is 107 Å². The fraction of sp³-hybridized carbons (Fsp3) is 0.371. The van der Waals surface area contributed by atoms with Crippen LogP contribution in [0.2, 0.25) is 0 Å². The van der Waals surface area contributed by atoms with E-state index in [0.29, 0.717) is 133 Å². The molecule has 0 aliphatic carbocycles. The summed E-state index contributed by atoms with van der Waals surface area (Å²) >= 11 is 5.59. The molecule has 762 valence electrons. The van der Waals surface area contributed by atoms with Gasteiger partial charge in [-0.25, -0.2) is 88.2 Å². The first-order chi connectivity index (χ1) is 67.5. The summed E-state index contributed by atoms with van der Waals surface area (Å²) in [6.07, 6.45) is 16.5. The first-order valence-corrected chi connectivity index (χ1v) is 58.0. The molecule has 13 aromatic rings. The van der Waals surface area contributed by atoms with Gasteiger partial charge in [0, 0.05) is 154 Å². The molecular weight excluding hydrogens is 2000 g/mol. The van der Waals surface area contributed by atoms with E-state index in [1.165, 1.54) is 92.3 Å². The van der Waals surface area contributed by atoms with Gasteiger partial charge in [0.15, 0.2) is 26.3 Å².